The highest BCUT2D eigenvalue weighted by atomic mass is 19.1. The molecule has 2 aromatic carbocycles. The molecule has 0 radical (unpaired) electrons. The van der Waals surface area contributed by atoms with Crippen molar-refractivity contribution in [3.63, 3.8) is 0 Å². The SMILES string of the molecule is CC(=O)c1ccccc1OCCOC(=O)c1ccc(-c2ccc(F)cc2)o1. The molecule has 0 amide bonds. The van der Waals surface area contributed by atoms with E-state index < -0.39 is 5.97 Å². The van der Waals surface area contributed by atoms with Crippen LogP contribution in [-0.2, 0) is 4.74 Å². The fraction of sp³-hybridized carbons (Fsp3) is 0.143. The van der Waals surface area contributed by atoms with Crippen LogP contribution < -0.4 is 4.74 Å². The van der Waals surface area contributed by atoms with Crippen LogP contribution >= 0.6 is 0 Å². The van der Waals surface area contributed by atoms with Crippen molar-refractivity contribution in [3.05, 3.63) is 77.8 Å². The van der Waals surface area contributed by atoms with Crippen molar-refractivity contribution in [2.24, 2.45) is 0 Å². The number of esters is 1. The topological polar surface area (TPSA) is 65.7 Å². The number of ether oxygens (including phenoxy) is 2. The minimum absolute atomic E-state index is 0.00233. The number of benzene rings is 2. The first-order valence-electron chi connectivity index (χ1n) is 8.30. The zero-order valence-electron chi connectivity index (χ0n) is 14.6. The summed E-state index contributed by atoms with van der Waals surface area (Å²) < 4.78 is 29.0. The molecule has 138 valence electrons. The summed E-state index contributed by atoms with van der Waals surface area (Å²) in [5.74, 6) is -0.167. The van der Waals surface area contributed by atoms with E-state index in [1.54, 1.807) is 42.5 Å². The Morgan fingerprint density at radius 3 is 2.44 bits per heavy atom. The third kappa shape index (κ3) is 4.61. The van der Waals surface area contributed by atoms with Gasteiger partial charge in [0.05, 0.1) is 5.56 Å². The van der Waals surface area contributed by atoms with Crippen LogP contribution in [0.4, 0.5) is 4.39 Å². The fourth-order valence-electron chi connectivity index (χ4n) is 2.46. The molecule has 0 aliphatic carbocycles. The summed E-state index contributed by atoms with van der Waals surface area (Å²) in [6.45, 7) is 1.55. The Labute approximate surface area is 155 Å². The second kappa shape index (κ2) is 8.31. The second-order valence-electron chi connectivity index (χ2n) is 5.71. The van der Waals surface area contributed by atoms with Crippen molar-refractivity contribution in [1.29, 1.82) is 0 Å². The van der Waals surface area contributed by atoms with E-state index in [4.69, 9.17) is 13.9 Å². The highest BCUT2D eigenvalue weighted by Gasteiger charge is 2.14. The van der Waals surface area contributed by atoms with Gasteiger partial charge in [-0.2, -0.15) is 0 Å². The Hall–Kier alpha value is -3.41. The number of furan rings is 1. The van der Waals surface area contributed by atoms with Crippen LogP contribution in [0.1, 0.15) is 27.8 Å². The quantitative estimate of drug-likeness (QED) is 0.348. The van der Waals surface area contributed by atoms with Crippen LogP contribution in [0.5, 0.6) is 5.75 Å². The normalized spacial score (nSPS) is 10.4. The number of Topliss-reactive ketones (excluding diaryl/α,β-unsaturated/α-hetero) is 1. The van der Waals surface area contributed by atoms with Gasteiger partial charge >= 0.3 is 5.97 Å². The third-order valence-corrected chi connectivity index (χ3v) is 3.78. The zero-order chi connectivity index (χ0) is 19.2. The maximum absolute atomic E-state index is 13.0. The molecule has 3 aromatic rings. The smallest absolute Gasteiger partial charge is 0.374 e. The molecule has 0 aliphatic heterocycles. The molecule has 0 fully saturated rings. The molecule has 27 heavy (non-hydrogen) atoms. The monoisotopic (exact) mass is 368 g/mol. The Morgan fingerprint density at radius 1 is 0.963 bits per heavy atom. The predicted octanol–water partition coefficient (Wildman–Crippen LogP) is 4.52. The van der Waals surface area contributed by atoms with Gasteiger partial charge in [0.25, 0.3) is 0 Å². The van der Waals surface area contributed by atoms with Crippen molar-refractivity contribution >= 4 is 11.8 Å². The molecule has 6 heteroatoms. The van der Waals surface area contributed by atoms with Gasteiger partial charge in [-0.3, -0.25) is 4.79 Å². The fourth-order valence-corrected chi connectivity index (χ4v) is 2.46. The van der Waals surface area contributed by atoms with E-state index in [0.717, 1.165) is 0 Å². The summed E-state index contributed by atoms with van der Waals surface area (Å²) in [5.41, 5.74) is 1.12. The van der Waals surface area contributed by atoms with Gasteiger partial charge in [-0.05, 0) is 55.5 Å². The molecule has 0 unspecified atom stereocenters. The maximum atomic E-state index is 13.0. The van der Waals surface area contributed by atoms with E-state index in [-0.39, 0.29) is 30.6 Å². The summed E-state index contributed by atoms with van der Waals surface area (Å²) in [6.07, 6.45) is 0. The van der Waals surface area contributed by atoms with Gasteiger partial charge in [-0.1, -0.05) is 12.1 Å². The minimum atomic E-state index is -0.633. The molecule has 0 N–H and O–H groups in total. The van der Waals surface area contributed by atoms with Gasteiger partial charge < -0.3 is 13.9 Å². The number of carbonyl (C=O) groups is 2. The van der Waals surface area contributed by atoms with Crippen LogP contribution in [0.25, 0.3) is 11.3 Å². The van der Waals surface area contributed by atoms with Crippen LogP contribution in [0.15, 0.2) is 65.1 Å². The molecule has 0 saturated carbocycles. The Morgan fingerprint density at radius 2 is 1.70 bits per heavy atom. The number of hydrogen-bond acceptors (Lipinski definition) is 5. The van der Waals surface area contributed by atoms with Gasteiger partial charge in [0, 0.05) is 5.56 Å². The standard InChI is InChI=1S/C21H17FO5/c1-14(23)17-4-2-3-5-19(17)25-12-13-26-21(24)20-11-10-18(27-20)15-6-8-16(22)9-7-15/h2-11H,12-13H2,1H3. The van der Waals surface area contributed by atoms with Crippen molar-refractivity contribution in [1.82, 2.24) is 0 Å². The Kier molecular flexibility index (Phi) is 5.66. The van der Waals surface area contributed by atoms with E-state index in [1.165, 1.54) is 25.1 Å². The highest BCUT2D eigenvalue weighted by Crippen LogP contribution is 2.23. The first-order chi connectivity index (χ1) is 13.0. The Bertz CT molecular complexity index is 943. The van der Waals surface area contributed by atoms with Crippen molar-refractivity contribution < 1.29 is 27.9 Å². The largest absolute Gasteiger partial charge is 0.489 e. The number of rotatable bonds is 7. The zero-order valence-corrected chi connectivity index (χ0v) is 14.6. The molecule has 1 aromatic heterocycles. The number of para-hydroxylation sites is 1. The van der Waals surface area contributed by atoms with E-state index in [9.17, 15) is 14.0 Å². The summed E-state index contributed by atoms with van der Waals surface area (Å²) in [5, 5.41) is 0. The number of halogens is 1. The summed E-state index contributed by atoms with van der Waals surface area (Å²) in [7, 11) is 0. The van der Waals surface area contributed by atoms with E-state index in [2.05, 4.69) is 0 Å². The lowest BCUT2D eigenvalue weighted by molar-refractivity contribution is 0.0415. The molecular formula is C21H17FO5. The predicted molar refractivity (Wildman–Crippen MR) is 96.3 cm³/mol. The summed E-state index contributed by atoms with van der Waals surface area (Å²) in [6, 6.07) is 15.7. The van der Waals surface area contributed by atoms with Crippen LogP contribution in [0.2, 0.25) is 0 Å². The molecule has 0 spiro atoms. The first kappa shape index (κ1) is 18.4. The van der Waals surface area contributed by atoms with E-state index >= 15 is 0 Å². The van der Waals surface area contributed by atoms with Crippen LogP contribution in [0, 0.1) is 5.82 Å². The van der Waals surface area contributed by atoms with E-state index in [0.29, 0.717) is 22.6 Å². The minimum Gasteiger partial charge on any atom is -0.489 e. The van der Waals surface area contributed by atoms with Gasteiger partial charge in [0.1, 0.15) is 30.5 Å². The van der Waals surface area contributed by atoms with Gasteiger partial charge in [-0.15, -0.1) is 0 Å². The van der Waals surface area contributed by atoms with Crippen molar-refractivity contribution in [2.75, 3.05) is 13.2 Å². The van der Waals surface area contributed by atoms with Crippen LogP contribution in [-0.4, -0.2) is 25.0 Å². The Balaban J connectivity index is 1.53. The molecule has 0 saturated heterocycles. The maximum Gasteiger partial charge on any atom is 0.374 e. The number of hydrogen-bond donors (Lipinski definition) is 0. The van der Waals surface area contributed by atoms with Gasteiger partial charge in [-0.25, -0.2) is 9.18 Å². The molecule has 0 atom stereocenters. The highest BCUT2D eigenvalue weighted by molar-refractivity contribution is 5.96. The van der Waals surface area contributed by atoms with Crippen molar-refractivity contribution in [3.8, 4) is 17.1 Å². The number of ketones is 1. The molecule has 1 heterocycles. The lowest BCUT2D eigenvalue weighted by Crippen LogP contribution is -2.12. The second-order valence-corrected chi connectivity index (χ2v) is 5.71. The molecular weight excluding hydrogens is 351 g/mol. The summed E-state index contributed by atoms with van der Waals surface area (Å²) in [4.78, 5) is 23.6. The molecule has 0 aliphatic rings. The van der Waals surface area contributed by atoms with Crippen molar-refractivity contribution in [2.45, 2.75) is 6.92 Å². The average molecular weight is 368 g/mol. The summed E-state index contributed by atoms with van der Waals surface area (Å²) >= 11 is 0. The van der Waals surface area contributed by atoms with Gasteiger partial charge in [0.2, 0.25) is 5.76 Å². The molecule has 3 rings (SSSR count). The van der Waals surface area contributed by atoms with E-state index in [1.807, 2.05) is 0 Å². The molecule has 5 nitrogen and oxygen atoms in total. The third-order valence-electron chi connectivity index (χ3n) is 3.78. The van der Waals surface area contributed by atoms with Gasteiger partial charge in [0.15, 0.2) is 5.78 Å². The molecule has 0 bridgehead atoms. The lowest BCUT2D eigenvalue weighted by atomic mass is 10.1. The van der Waals surface area contributed by atoms with Crippen LogP contribution in [0.3, 0.4) is 0 Å². The average Bonchev–Trinajstić information content (AvgIpc) is 3.16. The number of carbonyl (C=O) groups excluding carboxylic acids is 2. The lowest BCUT2D eigenvalue weighted by Gasteiger charge is -2.09. The first-order valence-corrected chi connectivity index (χ1v) is 8.30.